The molecule has 6 heteroatoms. The van der Waals surface area contributed by atoms with Gasteiger partial charge >= 0.3 is 6.03 Å². The van der Waals surface area contributed by atoms with Gasteiger partial charge in [0.1, 0.15) is 0 Å². The summed E-state index contributed by atoms with van der Waals surface area (Å²) in [5, 5.41) is 5.82. The lowest BCUT2D eigenvalue weighted by molar-refractivity contribution is 0.0709. The molecule has 1 aromatic carbocycles. The van der Waals surface area contributed by atoms with Gasteiger partial charge in [-0.25, -0.2) is 4.79 Å². The molecule has 0 unspecified atom stereocenters. The molecule has 1 fully saturated rings. The van der Waals surface area contributed by atoms with Crippen LogP contribution in [0.4, 0.5) is 10.5 Å². The molecular weight excluding hydrogens is 304 g/mol. The largest absolute Gasteiger partial charge is 0.367 e. The quantitative estimate of drug-likeness (QED) is 0.811. The van der Waals surface area contributed by atoms with Crippen molar-refractivity contribution in [2.75, 3.05) is 18.4 Å². The van der Waals surface area contributed by atoms with E-state index < -0.39 is 0 Å². The molecule has 0 saturated carbocycles. The fourth-order valence-electron chi connectivity index (χ4n) is 2.86. The Kier molecular flexibility index (Phi) is 4.84. The smallest absolute Gasteiger partial charge is 0.319 e. The number of likely N-dealkylation sites (tertiary alicyclic amines) is 1. The summed E-state index contributed by atoms with van der Waals surface area (Å²) < 4.78 is 0. The Balaban J connectivity index is 1.46. The predicted octanol–water partition coefficient (Wildman–Crippen LogP) is 2.75. The van der Waals surface area contributed by atoms with Gasteiger partial charge in [-0.1, -0.05) is 17.7 Å². The van der Waals surface area contributed by atoms with Crippen LogP contribution in [0.1, 0.15) is 28.8 Å². The number of aromatic amines is 1. The van der Waals surface area contributed by atoms with Crippen LogP contribution in [0.5, 0.6) is 0 Å². The van der Waals surface area contributed by atoms with Crippen molar-refractivity contribution in [3.05, 3.63) is 53.9 Å². The van der Waals surface area contributed by atoms with Crippen molar-refractivity contribution in [2.45, 2.75) is 25.8 Å². The van der Waals surface area contributed by atoms with Gasteiger partial charge in [0.25, 0.3) is 5.91 Å². The molecule has 0 spiro atoms. The number of carbonyl (C=O) groups excluding carboxylic acids is 2. The molecule has 3 N–H and O–H groups in total. The van der Waals surface area contributed by atoms with Crippen LogP contribution in [-0.4, -0.2) is 41.0 Å². The van der Waals surface area contributed by atoms with E-state index in [1.165, 1.54) is 0 Å². The van der Waals surface area contributed by atoms with Gasteiger partial charge in [0.2, 0.25) is 0 Å². The monoisotopic (exact) mass is 326 g/mol. The van der Waals surface area contributed by atoms with E-state index in [-0.39, 0.29) is 18.0 Å². The number of carbonyl (C=O) groups is 2. The summed E-state index contributed by atoms with van der Waals surface area (Å²) in [7, 11) is 0. The van der Waals surface area contributed by atoms with Crippen LogP contribution in [0, 0.1) is 6.92 Å². The minimum Gasteiger partial charge on any atom is -0.367 e. The van der Waals surface area contributed by atoms with Crippen LogP contribution in [-0.2, 0) is 0 Å². The molecule has 1 aromatic heterocycles. The summed E-state index contributed by atoms with van der Waals surface area (Å²) in [5.41, 5.74) is 2.61. The third-order valence-electron chi connectivity index (χ3n) is 4.27. The second-order valence-corrected chi connectivity index (χ2v) is 6.13. The van der Waals surface area contributed by atoms with Crippen LogP contribution >= 0.6 is 0 Å². The molecule has 0 bridgehead atoms. The number of benzene rings is 1. The van der Waals surface area contributed by atoms with Crippen LogP contribution in [0.15, 0.2) is 42.7 Å². The van der Waals surface area contributed by atoms with E-state index in [4.69, 9.17) is 0 Å². The molecule has 3 rings (SSSR count). The Bertz CT molecular complexity index is 686. The van der Waals surface area contributed by atoms with Crippen molar-refractivity contribution in [1.82, 2.24) is 15.2 Å². The second kappa shape index (κ2) is 7.21. The number of amides is 3. The normalized spacial score (nSPS) is 15.1. The third-order valence-corrected chi connectivity index (χ3v) is 4.27. The Morgan fingerprint density at radius 2 is 1.83 bits per heavy atom. The first-order chi connectivity index (χ1) is 11.6. The van der Waals surface area contributed by atoms with Gasteiger partial charge in [0.15, 0.2) is 0 Å². The molecule has 126 valence electrons. The first kappa shape index (κ1) is 16.1. The zero-order chi connectivity index (χ0) is 16.9. The molecule has 1 aliphatic heterocycles. The van der Waals surface area contributed by atoms with Gasteiger partial charge in [-0.3, -0.25) is 4.79 Å². The third kappa shape index (κ3) is 3.95. The summed E-state index contributed by atoms with van der Waals surface area (Å²) in [6.45, 7) is 3.31. The molecule has 6 nitrogen and oxygen atoms in total. The predicted molar refractivity (Wildman–Crippen MR) is 93.1 cm³/mol. The number of hydrogen-bond donors (Lipinski definition) is 3. The summed E-state index contributed by atoms with van der Waals surface area (Å²) in [5.74, 6) is 0.0406. The van der Waals surface area contributed by atoms with Gasteiger partial charge in [-0.05, 0) is 38.0 Å². The Hall–Kier alpha value is -2.76. The Morgan fingerprint density at radius 1 is 1.12 bits per heavy atom. The number of urea groups is 1. The van der Waals surface area contributed by atoms with E-state index in [2.05, 4.69) is 15.6 Å². The standard InChI is InChI=1S/C18H22N4O2/c1-13-2-4-15(5-3-13)20-18(24)21-16-7-10-22(11-8-16)17(23)14-6-9-19-12-14/h2-6,9,12,16,19H,7-8,10-11H2,1H3,(H2,20,21,24). The molecule has 2 aromatic rings. The summed E-state index contributed by atoms with van der Waals surface area (Å²) in [6, 6.07) is 9.35. The molecule has 0 aliphatic carbocycles. The number of hydrogen-bond acceptors (Lipinski definition) is 2. The minimum absolute atomic E-state index is 0.0406. The lowest BCUT2D eigenvalue weighted by atomic mass is 10.0. The first-order valence-electron chi connectivity index (χ1n) is 8.18. The van der Waals surface area contributed by atoms with Crippen LogP contribution in [0.25, 0.3) is 0 Å². The van der Waals surface area contributed by atoms with Crippen molar-refractivity contribution in [1.29, 1.82) is 0 Å². The van der Waals surface area contributed by atoms with Gasteiger partial charge in [0, 0.05) is 37.2 Å². The maximum Gasteiger partial charge on any atom is 0.319 e. The number of rotatable bonds is 3. The molecule has 24 heavy (non-hydrogen) atoms. The lowest BCUT2D eigenvalue weighted by Gasteiger charge is -2.32. The van der Waals surface area contributed by atoms with E-state index in [9.17, 15) is 9.59 Å². The molecule has 1 aliphatic rings. The van der Waals surface area contributed by atoms with Crippen LogP contribution in [0.3, 0.4) is 0 Å². The topological polar surface area (TPSA) is 77.2 Å². The minimum atomic E-state index is -0.200. The maximum absolute atomic E-state index is 12.3. The number of piperidine rings is 1. The van der Waals surface area contributed by atoms with Crippen molar-refractivity contribution in [2.24, 2.45) is 0 Å². The van der Waals surface area contributed by atoms with E-state index in [0.717, 1.165) is 24.1 Å². The highest BCUT2D eigenvalue weighted by Crippen LogP contribution is 2.14. The highest BCUT2D eigenvalue weighted by molar-refractivity contribution is 5.94. The number of anilines is 1. The zero-order valence-corrected chi connectivity index (χ0v) is 13.7. The first-order valence-corrected chi connectivity index (χ1v) is 8.18. The van der Waals surface area contributed by atoms with Crippen LogP contribution < -0.4 is 10.6 Å². The fourth-order valence-corrected chi connectivity index (χ4v) is 2.86. The number of H-pyrrole nitrogens is 1. The molecule has 0 atom stereocenters. The molecule has 2 heterocycles. The summed E-state index contributed by atoms with van der Waals surface area (Å²) in [4.78, 5) is 29.1. The van der Waals surface area contributed by atoms with Gasteiger partial charge in [-0.2, -0.15) is 0 Å². The van der Waals surface area contributed by atoms with Gasteiger partial charge < -0.3 is 20.5 Å². The zero-order valence-electron chi connectivity index (χ0n) is 13.7. The SMILES string of the molecule is Cc1ccc(NC(=O)NC2CCN(C(=O)c3cc[nH]c3)CC2)cc1. The number of nitrogens with one attached hydrogen (secondary N) is 3. The number of nitrogens with zero attached hydrogens (tertiary/aromatic N) is 1. The average Bonchev–Trinajstić information content (AvgIpc) is 3.11. The van der Waals surface area contributed by atoms with Crippen LogP contribution in [0.2, 0.25) is 0 Å². The van der Waals surface area contributed by atoms with E-state index in [1.807, 2.05) is 36.1 Å². The number of aromatic nitrogens is 1. The second-order valence-electron chi connectivity index (χ2n) is 6.13. The maximum atomic E-state index is 12.3. The number of aryl methyl sites for hydroxylation is 1. The van der Waals surface area contributed by atoms with Gasteiger partial charge in [-0.15, -0.1) is 0 Å². The van der Waals surface area contributed by atoms with Crippen molar-refractivity contribution in [3.63, 3.8) is 0 Å². The van der Waals surface area contributed by atoms with Crippen molar-refractivity contribution >= 4 is 17.6 Å². The highest BCUT2D eigenvalue weighted by Gasteiger charge is 2.24. The Labute approximate surface area is 141 Å². The molecule has 3 amide bonds. The summed E-state index contributed by atoms with van der Waals surface area (Å²) >= 11 is 0. The van der Waals surface area contributed by atoms with Gasteiger partial charge in [0.05, 0.1) is 5.56 Å². The average molecular weight is 326 g/mol. The fraction of sp³-hybridized carbons (Fsp3) is 0.333. The lowest BCUT2D eigenvalue weighted by Crippen LogP contribution is -2.47. The van der Waals surface area contributed by atoms with E-state index >= 15 is 0 Å². The van der Waals surface area contributed by atoms with E-state index in [1.54, 1.807) is 18.5 Å². The Morgan fingerprint density at radius 3 is 2.46 bits per heavy atom. The van der Waals surface area contributed by atoms with Crippen molar-refractivity contribution in [3.8, 4) is 0 Å². The molecular formula is C18H22N4O2. The summed E-state index contributed by atoms with van der Waals surface area (Å²) in [6.07, 6.45) is 4.98. The molecule has 1 saturated heterocycles. The highest BCUT2D eigenvalue weighted by atomic mass is 16.2. The molecule has 0 radical (unpaired) electrons. The van der Waals surface area contributed by atoms with E-state index in [0.29, 0.717) is 18.7 Å². The van der Waals surface area contributed by atoms with Crippen molar-refractivity contribution < 1.29 is 9.59 Å².